The zero-order chi connectivity index (χ0) is 14.5. The summed E-state index contributed by atoms with van der Waals surface area (Å²) >= 11 is 0. The smallest absolute Gasteiger partial charge is 0.126 e. The summed E-state index contributed by atoms with van der Waals surface area (Å²) < 4.78 is 32.6. The van der Waals surface area contributed by atoms with Crippen LogP contribution in [0, 0.1) is 11.6 Å². The minimum atomic E-state index is -0.526. The van der Waals surface area contributed by atoms with Gasteiger partial charge in [-0.3, -0.25) is 11.3 Å². The van der Waals surface area contributed by atoms with Gasteiger partial charge in [0.2, 0.25) is 0 Å². The highest BCUT2D eigenvalue weighted by atomic mass is 19.1. The van der Waals surface area contributed by atoms with Gasteiger partial charge in [-0.15, -0.1) is 0 Å². The molecule has 5 heteroatoms. The van der Waals surface area contributed by atoms with Crippen molar-refractivity contribution in [3.05, 3.63) is 35.4 Å². The van der Waals surface area contributed by atoms with E-state index in [2.05, 4.69) is 5.43 Å². The van der Waals surface area contributed by atoms with Crippen LogP contribution >= 0.6 is 0 Å². The summed E-state index contributed by atoms with van der Waals surface area (Å²) in [6.07, 6.45) is 0.983. The first-order valence-electron chi connectivity index (χ1n) is 6.50. The Labute approximate surface area is 113 Å². The lowest BCUT2D eigenvalue weighted by molar-refractivity contribution is -0.0552. The number of hydrogen-bond donors (Lipinski definition) is 2. The van der Waals surface area contributed by atoms with Crippen LogP contribution in [-0.4, -0.2) is 18.2 Å². The molecule has 1 aromatic rings. The number of ether oxygens (including phenoxy) is 1. The molecule has 0 aliphatic carbocycles. The monoisotopic (exact) mass is 272 g/mol. The predicted octanol–water partition coefficient (Wildman–Crippen LogP) is 2.54. The van der Waals surface area contributed by atoms with E-state index in [0.717, 1.165) is 12.1 Å². The van der Waals surface area contributed by atoms with E-state index >= 15 is 0 Å². The summed E-state index contributed by atoms with van der Waals surface area (Å²) in [5.74, 6) is 4.66. The standard InChI is InChI=1S/C14H22F2N2O/c1-4-14(3,19-5-2)13(18-17)9-10-8-11(15)6-7-12(10)16/h6-8,13,18H,4-5,9,17H2,1-3H3. The first kappa shape index (κ1) is 16.0. The molecule has 0 saturated carbocycles. The molecule has 108 valence electrons. The lowest BCUT2D eigenvalue weighted by Gasteiger charge is -2.36. The second-order valence-corrected chi connectivity index (χ2v) is 4.76. The quantitative estimate of drug-likeness (QED) is 0.592. The van der Waals surface area contributed by atoms with Crippen LogP contribution < -0.4 is 11.3 Å². The van der Waals surface area contributed by atoms with E-state index < -0.39 is 17.2 Å². The number of hydrazine groups is 1. The molecule has 0 fully saturated rings. The molecule has 0 aliphatic heterocycles. The van der Waals surface area contributed by atoms with E-state index in [1.54, 1.807) is 0 Å². The SMILES string of the molecule is CCOC(C)(CC)C(Cc1cc(F)ccc1F)NN. The maximum Gasteiger partial charge on any atom is 0.126 e. The van der Waals surface area contributed by atoms with Crippen LogP contribution in [0.15, 0.2) is 18.2 Å². The van der Waals surface area contributed by atoms with Crippen LogP contribution in [-0.2, 0) is 11.2 Å². The number of rotatable bonds is 7. The van der Waals surface area contributed by atoms with E-state index in [-0.39, 0.29) is 12.5 Å². The third-order valence-electron chi connectivity index (χ3n) is 3.55. The molecule has 0 amide bonds. The van der Waals surface area contributed by atoms with E-state index in [0.29, 0.717) is 18.6 Å². The molecule has 0 aliphatic rings. The first-order chi connectivity index (χ1) is 8.96. The van der Waals surface area contributed by atoms with E-state index in [9.17, 15) is 8.78 Å². The predicted molar refractivity (Wildman–Crippen MR) is 71.5 cm³/mol. The van der Waals surface area contributed by atoms with Crippen molar-refractivity contribution in [3.63, 3.8) is 0 Å². The topological polar surface area (TPSA) is 47.3 Å². The maximum atomic E-state index is 13.7. The van der Waals surface area contributed by atoms with Gasteiger partial charge >= 0.3 is 0 Å². The number of halogens is 2. The third-order valence-corrected chi connectivity index (χ3v) is 3.55. The number of nitrogens with two attached hydrogens (primary N) is 1. The van der Waals surface area contributed by atoms with Crippen molar-refractivity contribution in [2.45, 2.75) is 45.3 Å². The summed E-state index contributed by atoms with van der Waals surface area (Å²) in [4.78, 5) is 0. The Bertz CT molecular complexity index is 414. The van der Waals surface area contributed by atoms with Gasteiger partial charge in [-0.25, -0.2) is 8.78 Å². The summed E-state index contributed by atoms with van der Waals surface area (Å²) in [5.41, 5.74) is 2.43. The highest BCUT2D eigenvalue weighted by Gasteiger charge is 2.33. The fourth-order valence-corrected chi connectivity index (χ4v) is 2.15. The molecule has 0 heterocycles. The van der Waals surface area contributed by atoms with E-state index in [4.69, 9.17) is 10.6 Å². The lowest BCUT2D eigenvalue weighted by Crippen LogP contribution is -2.54. The average Bonchev–Trinajstić information content (AvgIpc) is 2.39. The van der Waals surface area contributed by atoms with Crippen LogP contribution in [0.3, 0.4) is 0 Å². The average molecular weight is 272 g/mol. The van der Waals surface area contributed by atoms with Gasteiger partial charge in [0.25, 0.3) is 0 Å². The largest absolute Gasteiger partial charge is 0.374 e. The zero-order valence-electron chi connectivity index (χ0n) is 11.7. The molecule has 0 aromatic heterocycles. The molecule has 19 heavy (non-hydrogen) atoms. The molecule has 2 atom stereocenters. The molecule has 3 nitrogen and oxygen atoms in total. The Hall–Kier alpha value is -1.04. The lowest BCUT2D eigenvalue weighted by atomic mass is 9.88. The van der Waals surface area contributed by atoms with Crippen molar-refractivity contribution in [2.24, 2.45) is 5.84 Å². The van der Waals surface area contributed by atoms with Crippen LogP contribution in [0.2, 0.25) is 0 Å². The van der Waals surface area contributed by atoms with Crippen molar-refractivity contribution >= 4 is 0 Å². The Morgan fingerprint density at radius 3 is 2.58 bits per heavy atom. The van der Waals surface area contributed by atoms with Gasteiger partial charge in [0, 0.05) is 6.61 Å². The van der Waals surface area contributed by atoms with Crippen molar-refractivity contribution in [1.29, 1.82) is 0 Å². The molecule has 0 radical (unpaired) electrons. The summed E-state index contributed by atoms with van der Waals surface area (Å²) in [7, 11) is 0. The molecule has 3 N–H and O–H groups in total. The Balaban J connectivity index is 2.95. The molecular formula is C14H22F2N2O. The van der Waals surface area contributed by atoms with Crippen LogP contribution in [0.25, 0.3) is 0 Å². The Morgan fingerprint density at radius 2 is 2.05 bits per heavy atom. The zero-order valence-corrected chi connectivity index (χ0v) is 11.7. The van der Waals surface area contributed by atoms with Crippen LogP contribution in [0.4, 0.5) is 8.78 Å². The number of hydrogen-bond acceptors (Lipinski definition) is 3. The minimum Gasteiger partial charge on any atom is -0.374 e. The molecular weight excluding hydrogens is 250 g/mol. The highest BCUT2D eigenvalue weighted by molar-refractivity contribution is 5.20. The normalized spacial score (nSPS) is 16.1. The van der Waals surface area contributed by atoms with E-state index in [1.807, 2.05) is 20.8 Å². The molecule has 0 bridgehead atoms. The fraction of sp³-hybridized carbons (Fsp3) is 0.571. The van der Waals surface area contributed by atoms with E-state index in [1.165, 1.54) is 6.07 Å². The first-order valence-corrected chi connectivity index (χ1v) is 6.50. The summed E-state index contributed by atoms with van der Waals surface area (Å²) in [6, 6.07) is 3.13. The summed E-state index contributed by atoms with van der Waals surface area (Å²) in [6.45, 7) is 6.32. The van der Waals surface area contributed by atoms with Crippen molar-refractivity contribution < 1.29 is 13.5 Å². The van der Waals surface area contributed by atoms with Gasteiger partial charge in [0.15, 0.2) is 0 Å². The number of benzene rings is 1. The Kier molecular flexibility index (Phi) is 5.85. The molecule has 1 rings (SSSR count). The minimum absolute atomic E-state index is 0.268. The molecule has 2 unspecified atom stereocenters. The van der Waals surface area contributed by atoms with Gasteiger partial charge in [-0.05, 0) is 50.5 Å². The van der Waals surface area contributed by atoms with Crippen molar-refractivity contribution in [2.75, 3.05) is 6.61 Å². The number of nitrogens with one attached hydrogen (secondary N) is 1. The van der Waals surface area contributed by atoms with Crippen LogP contribution in [0.1, 0.15) is 32.8 Å². The Morgan fingerprint density at radius 1 is 1.37 bits per heavy atom. The second kappa shape index (κ2) is 6.93. The van der Waals surface area contributed by atoms with Gasteiger partial charge in [-0.2, -0.15) is 0 Å². The third kappa shape index (κ3) is 3.96. The summed E-state index contributed by atoms with van der Waals surface area (Å²) in [5, 5.41) is 0. The van der Waals surface area contributed by atoms with Gasteiger partial charge in [-0.1, -0.05) is 6.92 Å². The molecule has 0 saturated heterocycles. The highest BCUT2D eigenvalue weighted by Crippen LogP contribution is 2.24. The van der Waals surface area contributed by atoms with Crippen molar-refractivity contribution in [1.82, 2.24) is 5.43 Å². The molecule has 0 spiro atoms. The fourth-order valence-electron chi connectivity index (χ4n) is 2.15. The van der Waals surface area contributed by atoms with Crippen molar-refractivity contribution in [3.8, 4) is 0 Å². The maximum absolute atomic E-state index is 13.7. The van der Waals surface area contributed by atoms with Crippen LogP contribution in [0.5, 0.6) is 0 Å². The second-order valence-electron chi connectivity index (χ2n) is 4.76. The van der Waals surface area contributed by atoms with Gasteiger partial charge in [0.05, 0.1) is 11.6 Å². The van der Waals surface area contributed by atoms with Gasteiger partial charge in [0.1, 0.15) is 11.6 Å². The molecule has 1 aromatic carbocycles. The van der Waals surface area contributed by atoms with Gasteiger partial charge < -0.3 is 4.74 Å².